The van der Waals surface area contributed by atoms with Crippen LogP contribution in [-0.2, 0) is 7.05 Å². The van der Waals surface area contributed by atoms with Gasteiger partial charge < -0.3 is 15.6 Å². The Morgan fingerprint density at radius 1 is 1.31 bits per heavy atom. The molecule has 29 heavy (non-hydrogen) atoms. The van der Waals surface area contributed by atoms with E-state index in [-0.39, 0.29) is 6.54 Å². The fourth-order valence-electron chi connectivity index (χ4n) is 3.24. The minimum absolute atomic E-state index is 0.0725. The first kappa shape index (κ1) is 19.1. The van der Waals surface area contributed by atoms with Crippen LogP contribution >= 0.6 is 0 Å². The zero-order chi connectivity index (χ0) is 20.4. The lowest BCUT2D eigenvalue weighted by atomic mass is 9.83. The number of nitrogens with two attached hydrogens (primary N) is 1. The summed E-state index contributed by atoms with van der Waals surface area (Å²) in [5.41, 5.74) is 8.65. The molecule has 3 N–H and O–H groups in total. The third-order valence-corrected chi connectivity index (χ3v) is 5.22. The number of nitriles is 1. The van der Waals surface area contributed by atoms with E-state index in [1.165, 1.54) is 12.6 Å². The molecule has 0 saturated heterocycles. The van der Waals surface area contributed by atoms with Gasteiger partial charge in [0.25, 0.3) is 0 Å². The predicted molar refractivity (Wildman–Crippen MR) is 106 cm³/mol. The molecule has 2 aromatic heterocycles. The summed E-state index contributed by atoms with van der Waals surface area (Å²) in [6.07, 6.45) is 5.75. The van der Waals surface area contributed by atoms with Crippen molar-refractivity contribution in [2.75, 3.05) is 6.54 Å². The van der Waals surface area contributed by atoms with Gasteiger partial charge in [-0.15, -0.1) is 0 Å². The number of ether oxygens (including phenoxy) is 1. The van der Waals surface area contributed by atoms with Gasteiger partial charge in [0.05, 0.1) is 41.1 Å². The second-order valence-corrected chi connectivity index (χ2v) is 7.16. The van der Waals surface area contributed by atoms with Crippen LogP contribution in [-0.4, -0.2) is 31.4 Å². The quantitative estimate of drug-likeness (QED) is 0.663. The number of aromatic nitrogens is 4. The van der Waals surface area contributed by atoms with Gasteiger partial charge in [0.15, 0.2) is 0 Å². The van der Waals surface area contributed by atoms with E-state index in [0.717, 1.165) is 18.5 Å². The highest BCUT2D eigenvalue weighted by molar-refractivity contribution is 5.68. The molecule has 8 nitrogen and oxygen atoms in total. The van der Waals surface area contributed by atoms with E-state index in [0.29, 0.717) is 40.1 Å². The van der Waals surface area contributed by atoms with Crippen LogP contribution in [0, 0.1) is 11.3 Å². The largest absolute Gasteiger partial charge is 0.439 e. The van der Waals surface area contributed by atoms with E-state index in [1.807, 2.05) is 13.1 Å². The van der Waals surface area contributed by atoms with Gasteiger partial charge in [0, 0.05) is 31.1 Å². The summed E-state index contributed by atoms with van der Waals surface area (Å²) in [6, 6.07) is 9.25. The van der Waals surface area contributed by atoms with E-state index >= 15 is 0 Å². The molecule has 0 amide bonds. The third kappa shape index (κ3) is 3.83. The number of aliphatic hydroxyl groups excluding tert-OH is 1. The first-order chi connectivity index (χ1) is 14.1. The topological polar surface area (TPSA) is 123 Å². The second-order valence-electron chi connectivity index (χ2n) is 7.16. The van der Waals surface area contributed by atoms with Crippen LogP contribution in [0.25, 0.3) is 11.3 Å². The molecule has 1 saturated carbocycles. The molecule has 1 aliphatic rings. The maximum Gasteiger partial charge on any atom is 0.217 e. The average Bonchev–Trinajstić information content (AvgIpc) is 3.05. The minimum atomic E-state index is -0.854. The van der Waals surface area contributed by atoms with Crippen LogP contribution in [0.4, 0.5) is 0 Å². The normalized spacial score (nSPS) is 14.8. The summed E-state index contributed by atoms with van der Waals surface area (Å²) in [6.45, 7) is 0.0725. The van der Waals surface area contributed by atoms with Gasteiger partial charge in [-0.3, -0.25) is 9.97 Å². The summed E-state index contributed by atoms with van der Waals surface area (Å²) >= 11 is 0. The molecule has 1 aromatic carbocycles. The molecule has 0 radical (unpaired) electrons. The lowest BCUT2D eigenvalue weighted by Crippen LogP contribution is -2.13. The van der Waals surface area contributed by atoms with Crippen LogP contribution in [0.15, 0.2) is 36.7 Å². The molecule has 1 atom stereocenters. The highest BCUT2D eigenvalue weighted by atomic mass is 16.5. The van der Waals surface area contributed by atoms with Gasteiger partial charge in [-0.25, -0.2) is 4.68 Å². The molecule has 0 aliphatic heterocycles. The van der Waals surface area contributed by atoms with Gasteiger partial charge in [-0.1, -0.05) is 6.42 Å². The van der Waals surface area contributed by atoms with Gasteiger partial charge in [0.2, 0.25) is 5.88 Å². The zero-order valence-corrected chi connectivity index (χ0v) is 16.1. The van der Waals surface area contributed by atoms with E-state index < -0.39 is 6.10 Å². The Balaban J connectivity index is 1.68. The van der Waals surface area contributed by atoms with Crippen molar-refractivity contribution >= 4 is 0 Å². The molecule has 2 heterocycles. The SMILES string of the molecule is Cn1nc(C2CCC2)cc1Oc1cc(C#N)ccc1-c1cnc(C(O)CN)cn1. The molecule has 3 aromatic rings. The highest BCUT2D eigenvalue weighted by Gasteiger charge is 2.24. The van der Waals surface area contributed by atoms with Gasteiger partial charge in [-0.2, -0.15) is 10.4 Å². The first-order valence-electron chi connectivity index (χ1n) is 9.55. The van der Waals surface area contributed by atoms with Crippen molar-refractivity contribution in [2.45, 2.75) is 31.3 Å². The number of benzene rings is 1. The van der Waals surface area contributed by atoms with Crippen LogP contribution < -0.4 is 10.5 Å². The van der Waals surface area contributed by atoms with Crippen LogP contribution in [0.1, 0.15) is 48.2 Å². The monoisotopic (exact) mass is 390 g/mol. The average molecular weight is 390 g/mol. The van der Waals surface area contributed by atoms with Crippen molar-refractivity contribution in [1.29, 1.82) is 5.26 Å². The number of hydrogen-bond acceptors (Lipinski definition) is 7. The molecular formula is C21H22N6O2. The van der Waals surface area contributed by atoms with Crippen molar-refractivity contribution in [3.8, 4) is 29.0 Å². The van der Waals surface area contributed by atoms with Crippen molar-refractivity contribution < 1.29 is 9.84 Å². The standard InChI is InChI=1S/C21H22N6O2/c1-27-21(8-16(26-27)14-3-2-4-14)29-20-7-13(9-22)5-6-15(20)17-11-25-18(12-24-17)19(28)10-23/h5-8,11-12,14,19,28H,2-4,10,23H2,1H3. The summed E-state index contributed by atoms with van der Waals surface area (Å²) in [5.74, 6) is 1.59. The Kier molecular flexibility index (Phi) is 5.25. The Morgan fingerprint density at radius 2 is 2.14 bits per heavy atom. The fraction of sp³-hybridized carbons (Fsp3) is 0.333. The zero-order valence-electron chi connectivity index (χ0n) is 16.1. The van der Waals surface area contributed by atoms with Crippen molar-refractivity contribution in [1.82, 2.24) is 19.7 Å². The first-order valence-corrected chi connectivity index (χ1v) is 9.55. The molecule has 1 fully saturated rings. The highest BCUT2D eigenvalue weighted by Crippen LogP contribution is 2.38. The van der Waals surface area contributed by atoms with Crippen molar-refractivity contribution in [3.05, 3.63) is 53.6 Å². The third-order valence-electron chi connectivity index (χ3n) is 5.22. The van der Waals surface area contributed by atoms with Gasteiger partial charge in [0.1, 0.15) is 11.9 Å². The number of nitrogens with zero attached hydrogens (tertiary/aromatic N) is 5. The second kappa shape index (κ2) is 7.99. The minimum Gasteiger partial charge on any atom is -0.439 e. The van der Waals surface area contributed by atoms with E-state index in [4.69, 9.17) is 10.5 Å². The maximum absolute atomic E-state index is 9.81. The lowest BCUT2D eigenvalue weighted by molar-refractivity contribution is 0.181. The Bertz CT molecular complexity index is 1050. The molecule has 1 aliphatic carbocycles. The summed E-state index contributed by atoms with van der Waals surface area (Å²) in [4.78, 5) is 8.64. The van der Waals surface area contributed by atoms with E-state index in [1.54, 1.807) is 29.1 Å². The number of hydrogen-bond donors (Lipinski definition) is 2. The van der Waals surface area contributed by atoms with Crippen molar-refractivity contribution in [3.63, 3.8) is 0 Å². The number of rotatable bonds is 6. The smallest absolute Gasteiger partial charge is 0.217 e. The molecule has 148 valence electrons. The van der Waals surface area contributed by atoms with E-state index in [2.05, 4.69) is 21.1 Å². The molecule has 4 rings (SSSR count). The van der Waals surface area contributed by atoms with Crippen LogP contribution in [0.2, 0.25) is 0 Å². The molecule has 0 spiro atoms. The Hall–Kier alpha value is -3.28. The van der Waals surface area contributed by atoms with Crippen molar-refractivity contribution in [2.24, 2.45) is 12.8 Å². The molecule has 1 unspecified atom stereocenters. The van der Waals surface area contributed by atoms with Gasteiger partial charge >= 0.3 is 0 Å². The summed E-state index contributed by atoms with van der Waals surface area (Å²) in [7, 11) is 1.84. The number of aliphatic hydroxyl groups is 1. The number of aryl methyl sites for hydroxylation is 1. The Labute approximate surface area is 168 Å². The molecule has 0 bridgehead atoms. The Morgan fingerprint density at radius 3 is 2.76 bits per heavy atom. The van der Waals surface area contributed by atoms with E-state index in [9.17, 15) is 10.4 Å². The predicted octanol–water partition coefficient (Wildman–Crippen LogP) is 2.80. The van der Waals surface area contributed by atoms with Gasteiger partial charge in [-0.05, 0) is 31.0 Å². The fourth-order valence-corrected chi connectivity index (χ4v) is 3.24. The van der Waals surface area contributed by atoms with Crippen LogP contribution in [0.3, 0.4) is 0 Å². The summed E-state index contributed by atoms with van der Waals surface area (Å²) in [5, 5.41) is 23.7. The maximum atomic E-state index is 9.81. The molecule has 8 heteroatoms. The molecular weight excluding hydrogens is 368 g/mol. The lowest BCUT2D eigenvalue weighted by Gasteiger charge is -2.22. The van der Waals surface area contributed by atoms with Crippen LogP contribution in [0.5, 0.6) is 11.6 Å². The summed E-state index contributed by atoms with van der Waals surface area (Å²) < 4.78 is 7.86.